The Kier molecular flexibility index (Phi) is 6.86. The number of thiazole rings is 1. The molecule has 28 heavy (non-hydrogen) atoms. The number of ether oxygens (including phenoxy) is 1. The Morgan fingerprint density at radius 1 is 1.25 bits per heavy atom. The van der Waals surface area contributed by atoms with Crippen molar-refractivity contribution in [2.75, 3.05) is 7.11 Å². The number of benzene rings is 2. The molecule has 0 spiro atoms. The molecule has 3 aromatic rings. The van der Waals surface area contributed by atoms with E-state index in [1.807, 2.05) is 50.2 Å². The Morgan fingerprint density at radius 3 is 2.68 bits per heavy atom. The highest BCUT2D eigenvalue weighted by atomic mass is 79.9. The van der Waals surface area contributed by atoms with Crippen LogP contribution in [0.2, 0.25) is 0 Å². The lowest BCUT2D eigenvalue weighted by molar-refractivity contribution is -0.121. The van der Waals surface area contributed by atoms with E-state index < -0.39 is 0 Å². The van der Waals surface area contributed by atoms with Gasteiger partial charge in [-0.1, -0.05) is 36.4 Å². The third-order valence-electron chi connectivity index (χ3n) is 4.48. The van der Waals surface area contributed by atoms with Crippen LogP contribution < -0.4 is 10.1 Å². The summed E-state index contributed by atoms with van der Waals surface area (Å²) in [6, 6.07) is 15.9. The lowest BCUT2D eigenvalue weighted by atomic mass is 10.1. The fourth-order valence-electron chi connectivity index (χ4n) is 3.02. The molecule has 1 amide bonds. The fraction of sp³-hybridized carbons (Fsp3) is 0.273. The summed E-state index contributed by atoms with van der Waals surface area (Å²) in [4.78, 5) is 18.2. The first-order chi connectivity index (χ1) is 13.5. The second-order valence-corrected chi connectivity index (χ2v) is 8.48. The van der Waals surface area contributed by atoms with E-state index >= 15 is 0 Å². The molecule has 0 saturated carbocycles. The van der Waals surface area contributed by atoms with Crippen molar-refractivity contribution in [3.63, 3.8) is 0 Å². The van der Waals surface area contributed by atoms with Gasteiger partial charge < -0.3 is 10.1 Å². The maximum atomic E-state index is 12.4. The first-order valence-electron chi connectivity index (χ1n) is 9.12. The van der Waals surface area contributed by atoms with Crippen LogP contribution in [0, 0.1) is 6.92 Å². The Labute approximate surface area is 178 Å². The molecular formula is C22H23BrN2O2S. The highest BCUT2D eigenvalue weighted by Crippen LogP contribution is 2.31. The number of carbonyl (C=O) groups excluding carboxylic acids is 1. The van der Waals surface area contributed by atoms with E-state index in [2.05, 4.69) is 38.4 Å². The lowest BCUT2D eigenvalue weighted by Gasteiger charge is -2.13. The first-order valence-corrected chi connectivity index (χ1v) is 10.7. The molecule has 1 atom stereocenters. The Balaban J connectivity index is 1.60. The van der Waals surface area contributed by atoms with E-state index in [-0.39, 0.29) is 11.9 Å². The highest BCUT2D eigenvalue weighted by Gasteiger charge is 2.17. The minimum Gasteiger partial charge on any atom is -0.496 e. The molecule has 3 rings (SSSR count). The van der Waals surface area contributed by atoms with Crippen molar-refractivity contribution in [2.24, 2.45) is 0 Å². The first kappa shape index (κ1) is 20.6. The van der Waals surface area contributed by atoms with Crippen LogP contribution in [0.5, 0.6) is 5.75 Å². The zero-order valence-corrected chi connectivity index (χ0v) is 18.6. The number of nitrogens with one attached hydrogen (secondary N) is 1. The molecule has 6 heteroatoms. The van der Waals surface area contributed by atoms with Crippen molar-refractivity contribution in [1.29, 1.82) is 0 Å². The summed E-state index contributed by atoms with van der Waals surface area (Å²) in [6.07, 6.45) is 1.12. The van der Waals surface area contributed by atoms with Gasteiger partial charge in [-0.25, -0.2) is 4.98 Å². The van der Waals surface area contributed by atoms with Crippen molar-refractivity contribution in [1.82, 2.24) is 10.3 Å². The van der Waals surface area contributed by atoms with E-state index in [4.69, 9.17) is 4.74 Å². The molecule has 1 aromatic heterocycles. The van der Waals surface area contributed by atoms with Crippen molar-refractivity contribution in [2.45, 2.75) is 32.7 Å². The number of aromatic nitrogens is 1. The SMILES string of the molecule is COc1ccc(CCC(=O)NC(C)c2sc(-c3ccccc3)nc2C)cc1Br. The quantitative estimate of drug-likeness (QED) is 0.493. The van der Waals surface area contributed by atoms with Crippen LogP contribution in [-0.4, -0.2) is 18.0 Å². The van der Waals surface area contributed by atoms with Crippen LogP contribution in [0.3, 0.4) is 0 Å². The predicted octanol–water partition coefficient (Wildman–Crippen LogP) is 5.70. The summed E-state index contributed by atoms with van der Waals surface area (Å²) in [6.45, 7) is 4.01. The van der Waals surface area contributed by atoms with Gasteiger partial charge in [0.15, 0.2) is 0 Å². The van der Waals surface area contributed by atoms with Gasteiger partial charge in [-0.3, -0.25) is 4.79 Å². The minimum atomic E-state index is -0.0648. The molecule has 1 heterocycles. The number of aryl methyl sites for hydroxylation is 2. The predicted molar refractivity (Wildman–Crippen MR) is 118 cm³/mol. The number of methoxy groups -OCH3 is 1. The third kappa shape index (κ3) is 5.00. The van der Waals surface area contributed by atoms with Gasteiger partial charge in [0.2, 0.25) is 5.91 Å². The fourth-order valence-corrected chi connectivity index (χ4v) is 4.68. The maximum absolute atomic E-state index is 12.4. The summed E-state index contributed by atoms with van der Waals surface area (Å²) in [5, 5.41) is 4.09. The third-order valence-corrected chi connectivity index (χ3v) is 6.49. The molecule has 2 aromatic carbocycles. The van der Waals surface area contributed by atoms with Crippen molar-refractivity contribution >= 4 is 33.2 Å². The van der Waals surface area contributed by atoms with Gasteiger partial charge in [-0.15, -0.1) is 11.3 Å². The molecule has 0 fully saturated rings. The van der Waals surface area contributed by atoms with Crippen LogP contribution in [0.25, 0.3) is 10.6 Å². The topological polar surface area (TPSA) is 51.2 Å². The standard InChI is InChI=1S/C22H23BrN2O2S/c1-14(21-15(2)25-22(28-21)17-7-5-4-6-8-17)24-20(26)12-10-16-9-11-19(27-3)18(23)13-16/h4-9,11,13-14H,10,12H2,1-3H3,(H,24,26). The second-order valence-electron chi connectivity index (χ2n) is 6.59. The molecule has 1 N–H and O–H groups in total. The smallest absolute Gasteiger partial charge is 0.220 e. The second kappa shape index (κ2) is 9.34. The molecule has 0 radical (unpaired) electrons. The van der Waals surface area contributed by atoms with Gasteiger partial charge in [-0.05, 0) is 53.9 Å². The summed E-state index contributed by atoms with van der Waals surface area (Å²) >= 11 is 5.12. The molecule has 4 nitrogen and oxygen atoms in total. The van der Waals surface area contributed by atoms with E-state index in [1.165, 1.54) is 0 Å². The maximum Gasteiger partial charge on any atom is 0.220 e. The van der Waals surface area contributed by atoms with E-state index in [1.54, 1.807) is 18.4 Å². The highest BCUT2D eigenvalue weighted by molar-refractivity contribution is 9.10. The molecule has 0 aliphatic carbocycles. The average molecular weight is 459 g/mol. The van der Waals surface area contributed by atoms with E-state index in [0.717, 1.165) is 36.9 Å². The number of carbonyl (C=O) groups is 1. The molecule has 0 aliphatic heterocycles. The summed E-state index contributed by atoms with van der Waals surface area (Å²) in [7, 11) is 1.64. The summed E-state index contributed by atoms with van der Waals surface area (Å²) in [5.74, 6) is 0.824. The number of rotatable bonds is 7. The molecule has 1 unspecified atom stereocenters. The Bertz CT molecular complexity index is 956. The average Bonchev–Trinajstić information content (AvgIpc) is 3.09. The normalized spacial score (nSPS) is 11.9. The zero-order valence-electron chi connectivity index (χ0n) is 16.2. The molecule has 0 aliphatic rings. The molecule has 0 bridgehead atoms. The van der Waals surface area contributed by atoms with E-state index in [0.29, 0.717) is 12.8 Å². The van der Waals surface area contributed by atoms with Gasteiger partial charge >= 0.3 is 0 Å². The van der Waals surface area contributed by atoms with Gasteiger partial charge in [0.25, 0.3) is 0 Å². The number of hydrogen-bond acceptors (Lipinski definition) is 4. The monoisotopic (exact) mass is 458 g/mol. The van der Waals surface area contributed by atoms with Crippen LogP contribution in [0.4, 0.5) is 0 Å². The van der Waals surface area contributed by atoms with Gasteiger partial charge in [0, 0.05) is 12.0 Å². The zero-order chi connectivity index (χ0) is 20.1. The van der Waals surface area contributed by atoms with Crippen molar-refractivity contribution in [3.05, 3.63) is 69.1 Å². The van der Waals surface area contributed by atoms with Gasteiger partial charge in [0.1, 0.15) is 10.8 Å². The van der Waals surface area contributed by atoms with Crippen molar-refractivity contribution in [3.8, 4) is 16.3 Å². The van der Waals surface area contributed by atoms with Crippen molar-refractivity contribution < 1.29 is 9.53 Å². The number of hydrogen-bond donors (Lipinski definition) is 1. The number of amides is 1. The van der Waals surface area contributed by atoms with Crippen LogP contribution in [-0.2, 0) is 11.2 Å². The van der Waals surface area contributed by atoms with E-state index in [9.17, 15) is 4.79 Å². The minimum absolute atomic E-state index is 0.0356. The van der Waals surface area contributed by atoms with Crippen LogP contribution >= 0.6 is 27.3 Å². The number of nitrogens with zero attached hydrogens (tertiary/aromatic N) is 1. The Morgan fingerprint density at radius 2 is 2.00 bits per heavy atom. The van der Waals surface area contributed by atoms with Crippen LogP contribution in [0.15, 0.2) is 53.0 Å². The number of halogens is 1. The summed E-state index contributed by atoms with van der Waals surface area (Å²) in [5.41, 5.74) is 3.16. The lowest BCUT2D eigenvalue weighted by Crippen LogP contribution is -2.26. The molecule has 0 saturated heterocycles. The Hall–Kier alpha value is -2.18. The van der Waals surface area contributed by atoms with Gasteiger partial charge in [-0.2, -0.15) is 0 Å². The largest absolute Gasteiger partial charge is 0.496 e. The molecular weight excluding hydrogens is 436 g/mol. The van der Waals surface area contributed by atoms with Crippen LogP contribution in [0.1, 0.15) is 35.5 Å². The molecule has 146 valence electrons. The summed E-state index contributed by atoms with van der Waals surface area (Å²) < 4.78 is 6.14. The van der Waals surface area contributed by atoms with Gasteiger partial charge in [0.05, 0.1) is 28.2 Å².